The summed E-state index contributed by atoms with van der Waals surface area (Å²) < 4.78 is 26.4. The normalized spacial score (nSPS) is 15.1. The van der Waals surface area contributed by atoms with Crippen molar-refractivity contribution >= 4 is 38.8 Å². The molecule has 0 aliphatic heterocycles. The van der Waals surface area contributed by atoms with E-state index < -0.39 is 21.3 Å². The maximum absolute atomic E-state index is 12.5. The molecule has 1 rings (SSSR count). The number of benzene rings is 1. The van der Waals surface area contributed by atoms with Crippen molar-refractivity contribution in [3.63, 3.8) is 0 Å². The van der Waals surface area contributed by atoms with Crippen LogP contribution < -0.4 is 5.73 Å². The number of halogens is 1. The Balaban J connectivity index is 3.14. The Hall–Kier alpha value is -0.690. The van der Waals surface area contributed by atoms with Crippen LogP contribution in [0.1, 0.15) is 31.9 Å². The van der Waals surface area contributed by atoms with Gasteiger partial charge in [-0.2, -0.15) is 4.31 Å². The van der Waals surface area contributed by atoms with E-state index in [4.69, 9.17) is 29.6 Å². The lowest BCUT2D eigenvalue weighted by atomic mass is 10.1. The second-order valence-electron chi connectivity index (χ2n) is 4.56. The molecular formula is C13H19ClN2O2S2. The summed E-state index contributed by atoms with van der Waals surface area (Å²) in [6, 6.07) is 6.77. The molecule has 0 heterocycles. The molecule has 0 fully saturated rings. The summed E-state index contributed by atoms with van der Waals surface area (Å²) in [6.07, 6.45) is 0.344. The average Bonchev–Trinajstić information content (AvgIpc) is 2.37. The van der Waals surface area contributed by atoms with Crippen LogP contribution in [-0.2, 0) is 10.0 Å². The van der Waals surface area contributed by atoms with Crippen molar-refractivity contribution in [3.8, 4) is 0 Å². The third-order valence-corrected chi connectivity index (χ3v) is 6.55. The van der Waals surface area contributed by atoms with Gasteiger partial charge in [-0.3, -0.25) is 0 Å². The fourth-order valence-electron chi connectivity index (χ4n) is 1.99. The van der Waals surface area contributed by atoms with Crippen LogP contribution in [-0.4, -0.2) is 30.0 Å². The van der Waals surface area contributed by atoms with Gasteiger partial charge in [0.2, 0.25) is 10.0 Å². The van der Waals surface area contributed by atoms with Crippen molar-refractivity contribution in [3.05, 3.63) is 34.9 Å². The molecule has 112 valence electrons. The van der Waals surface area contributed by atoms with E-state index in [-0.39, 0.29) is 4.99 Å². The first-order chi connectivity index (χ1) is 9.23. The van der Waals surface area contributed by atoms with Crippen LogP contribution in [0.3, 0.4) is 0 Å². The average molecular weight is 335 g/mol. The molecule has 0 aliphatic carbocycles. The molecule has 2 unspecified atom stereocenters. The van der Waals surface area contributed by atoms with Crippen LogP contribution in [0.5, 0.6) is 0 Å². The highest BCUT2D eigenvalue weighted by atomic mass is 35.5. The largest absolute Gasteiger partial charge is 0.392 e. The van der Waals surface area contributed by atoms with Gasteiger partial charge >= 0.3 is 0 Å². The van der Waals surface area contributed by atoms with Crippen LogP contribution in [0.4, 0.5) is 0 Å². The second kappa shape index (κ2) is 6.85. The molecule has 0 bridgehead atoms. The first-order valence-corrected chi connectivity index (χ1v) is 8.53. The van der Waals surface area contributed by atoms with Crippen LogP contribution in [0.15, 0.2) is 24.3 Å². The van der Waals surface area contributed by atoms with E-state index in [1.54, 1.807) is 32.0 Å². The summed E-state index contributed by atoms with van der Waals surface area (Å²) in [5.74, 6) is 0. The molecule has 0 aromatic heterocycles. The number of rotatable bonds is 6. The summed E-state index contributed by atoms with van der Waals surface area (Å²) in [4.78, 5) is -0.00860. The first kappa shape index (κ1) is 17.4. The van der Waals surface area contributed by atoms with Gasteiger partial charge in [0, 0.05) is 18.1 Å². The smallest absolute Gasteiger partial charge is 0.223 e. The summed E-state index contributed by atoms with van der Waals surface area (Å²) in [6.45, 7) is 3.53. The quantitative estimate of drug-likeness (QED) is 0.812. The van der Waals surface area contributed by atoms with Crippen molar-refractivity contribution in [1.29, 1.82) is 0 Å². The van der Waals surface area contributed by atoms with Gasteiger partial charge in [0.1, 0.15) is 5.25 Å². The maximum Gasteiger partial charge on any atom is 0.223 e. The molecule has 0 aliphatic rings. The van der Waals surface area contributed by atoms with Crippen LogP contribution in [0.25, 0.3) is 0 Å². The van der Waals surface area contributed by atoms with E-state index in [1.807, 2.05) is 6.07 Å². The molecule has 1 aromatic rings. The minimum atomic E-state index is -3.61. The minimum absolute atomic E-state index is 0.00860. The zero-order valence-corrected chi connectivity index (χ0v) is 14.1. The third-order valence-electron chi connectivity index (χ3n) is 3.35. The molecule has 2 N–H and O–H groups in total. The molecule has 0 amide bonds. The standard InChI is InChI=1S/C13H19ClN2O2S2/c1-4-12(13(15)19)20(17,18)16(3)9(2)10-7-5-6-8-11(10)14/h5-9,12H,4H2,1-3H3,(H2,15,19). The molecule has 20 heavy (non-hydrogen) atoms. The van der Waals surface area contributed by atoms with Gasteiger partial charge in [0.25, 0.3) is 0 Å². The zero-order chi connectivity index (χ0) is 15.5. The molecule has 2 atom stereocenters. The van der Waals surface area contributed by atoms with Crippen LogP contribution >= 0.6 is 23.8 Å². The highest BCUT2D eigenvalue weighted by Gasteiger charge is 2.34. The molecule has 0 saturated carbocycles. The Morgan fingerprint density at radius 2 is 2.00 bits per heavy atom. The summed E-state index contributed by atoms with van der Waals surface area (Å²) in [5, 5.41) is -0.321. The molecule has 7 heteroatoms. The predicted molar refractivity (Wildman–Crippen MR) is 87.4 cm³/mol. The first-order valence-electron chi connectivity index (χ1n) is 6.24. The Morgan fingerprint density at radius 3 is 2.45 bits per heavy atom. The van der Waals surface area contributed by atoms with Gasteiger partial charge < -0.3 is 5.73 Å². The third kappa shape index (κ3) is 3.49. The topological polar surface area (TPSA) is 63.4 Å². The number of nitrogens with two attached hydrogens (primary N) is 1. The number of nitrogens with zero attached hydrogens (tertiary/aromatic N) is 1. The fraction of sp³-hybridized carbons (Fsp3) is 0.462. The van der Waals surface area contributed by atoms with Crippen molar-refractivity contribution < 1.29 is 8.42 Å². The second-order valence-corrected chi connectivity index (χ2v) is 7.61. The molecular weight excluding hydrogens is 316 g/mol. The SMILES string of the molecule is CCC(C(N)=S)S(=O)(=O)N(C)C(C)c1ccccc1Cl. The maximum atomic E-state index is 12.5. The Bertz CT molecular complexity index is 590. The number of hydrogen-bond donors (Lipinski definition) is 1. The highest BCUT2D eigenvalue weighted by Crippen LogP contribution is 2.29. The van der Waals surface area contributed by atoms with Crippen molar-refractivity contribution in [2.75, 3.05) is 7.05 Å². The summed E-state index contributed by atoms with van der Waals surface area (Å²) in [5.41, 5.74) is 6.29. The molecule has 0 radical (unpaired) electrons. The van der Waals surface area contributed by atoms with Crippen molar-refractivity contribution in [2.24, 2.45) is 5.73 Å². The Labute approximate surface area is 131 Å². The lowest BCUT2D eigenvalue weighted by Gasteiger charge is -2.28. The Morgan fingerprint density at radius 1 is 1.45 bits per heavy atom. The minimum Gasteiger partial charge on any atom is -0.392 e. The van der Waals surface area contributed by atoms with E-state index in [1.165, 1.54) is 11.4 Å². The van der Waals surface area contributed by atoms with Crippen molar-refractivity contribution in [2.45, 2.75) is 31.6 Å². The van der Waals surface area contributed by atoms with Crippen LogP contribution in [0.2, 0.25) is 5.02 Å². The van der Waals surface area contributed by atoms with Gasteiger partial charge in [-0.25, -0.2) is 8.42 Å². The fourth-order valence-corrected chi connectivity index (χ4v) is 4.49. The molecule has 0 saturated heterocycles. The predicted octanol–water partition coefficient (Wildman–Crippen LogP) is 2.73. The van der Waals surface area contributed by atoms with E-state index in [0.29, 0.717) is 11.4 Å². The van der Waals surface area contributed by atoms with E-state index in [9.17, 15) is 8.42 Å². The van der Waals surface area contributed by atoms with Crippen molar-refractivity contribution in [1.82, 2.24) is 4.31 Å². The van der Waals surface area contributed by atoms with Gasteiger partial charge in [0.15, 0.2) is 0 Å². The summed E-state index contributed by atoms with van der Waals surface area (Å²) in [7, 11) is -2.09. The lowest BCUT2D eigenvalue weighted by Crippen LogP contribution is -2.43. The lowest BCUT2D eigenvalue weighted by molar-refractivity contribution is 0.395. The van der Waals surface area contributed by atoms with Gasteiger partial charge in [0.05, 0.1) is 4.99 Å². The number of thiocarbonyl (C=S) groups is 1. The highest BCUT2D eigenvalue weighted by molar-refractivity contribution is 7.92. The molecule has 0 spiro atoms. The number of hydrogen-bond acceptors (Lipinski definition) is 3. The number of sulfonamides is 1. The van der Waals surface area contributed by atoms with Gasteiger partial charge in [-0.1, -0.05) is 48.9 Å². The summed E-state index contributed by atoms with van der Waals surface area (Å²) >= 11 is 11.0. The monoisotopic (exact) mass is 334 g/mol. The molecule has 4 nitrogen and oxygen atoms in total. The van der Waals surface area contributed by atoms with E-state index >= 15 is 0 Å². The van der Waals surface area contributed by atoms with Gasteiger partial charge in [-0.15, -0.1) is 0 Å². The van der Waals surface area contributed by atoms with Gasteiger partial charge in [-0.05, 0) is 25.0 Å². The zero-order valence-electron chi connectivity index (χ0n) is 11.7. The van der Waals surface area contributed by atoms with E-state index in [2.05, 4.69) is 0 Å². The molecule has 1 aromatic carbocycles. The Kier molecular flexibility index (Phi) is 5.94. The van der Waals surface area contributed by atoms with E-state index in [0.717, 1.165) is 5.56 Å². The van der Waals surface area contributed by atoms with Crippen LogP contribution in [0, 0.1) is 0 Å².